The number of hydrogen-bond acceptors (Lipinski definition) is 1. The number of aryl methyl sites for hydroxylation is 1. The third kappa shape index (κ3) is 3.49. The van der Waals surface area contributed by atoms with Gasteiger partial charge in [-0.05, 0) is 40.9 Å². The molecule has 0 aliphatic rings. The van der Waals surface area contributed by atoms with Crippen LogP contribution in [0.1, 0.15) is 29.3 Å². The van der Waals surface area contributed by atoms with Crippen molar-refractivity contribution in [1.29, 1.82) is 0 Å². The van der Waals surface area contributed by atoms with E-state index in [0.29, 0.717) is 12.1 Å². The third-order valence-corrected chi connectivity index (χ3v) is 3.88. The number of halogens is 2. The van der Waals surface area contributed by atoms with Crippen molar-refractivity contribution in [3.63, 3.8) is 0 Å². The summed E-state index contributed by atoms with van der Waals surface area (Å²) in [6.45, 7) is 4.45. The number of carbonyl (C=O) groups excluding carboxylic acids is 1. The first-order valence-corrected chi connectivity index (χ1v) is 6.46. The Morgan fingerprint density at radius 1 is 1.56 bits per heavy atom. The highest BCUT2D eigenvalue weighted by Crippen LogP contribution is 2.20. The molecule has 0 spiro atoms. The Hall–Kier alpha value is -0.540. The molecule has 1 N–H and O–H groups in total. The van der Waals surface area contributed by atoms with Gasteiger partial charge in [0.2, 0.25) is 0 Å². The average molecular weight is 305 g/mol. The van der Waals surface area contributed by atoms with E-state index >= 15 is 0 Å². The molecule has 0 heterocycles. The van der Waals surface area contributed by atoms with Gasteiger partial charge in [0.1, 0.15) is 0 Å². The summed E-state index contributed by atoms with van der Waals surface area (Å²) >= 11 is 9.35. The zero-order valence-corrected chi connectivity index (χ0v) is 11.7. The molecule has 4 heteroatoms. The summed E-state index contributed by atoms with van der Waals surface area (Å²) in [4.78, 5) is 11.8. The van der Waals surface area contributed by atoms with Gasteiger partial charge in [-0.1, -0.05) is 19.1 Å². The predicted molar refractivity (Wildman–Crippen MR) is 71.1 cm³/mol. The Labute approximate surface area is 110 Å². The van der Waals surface area contributed by atoms with Gasteiger partial charge in [-0.2, -0.15) is 0 Å². The minimum Gasteiger partial charge on any atom is -0.351 e. The second-order valence-corrected chi connectivity index (χ2v) is 5.06. The third-order valence-electron chi connectivity index (χ3n) is 2.36. The summed E-state index contributed by atoms with van der Waals surface area (Å²) in [6, 6.07) is 5.62. The summed E-state index contributed by atoms with van der Waals surface area (Å²) < 4.78 is 0.843. The molecule has 0 aliphatic heterocycles. The largest absolute Gasteiger partial charge is 0.351 e. The number of rotatable bonds is 4. The smallest absolute Gasteiger partial charge is 0.252 e. The molecular weight excluding hydrogens is 289 g/mol. The number of alkyl halides is 1. The van der Waals surface area contributed by atoms with E-state index in [1.807, 2.05) is 26.0 Å². The average Bonchev–Trinajstić information content (AvgIpc) is 2.29. The topological polar surface area (TPSA) is 29.1 Å². The van der Waals surface area contributed by atoms with Gasteiger partial charge in [0.25, 0.3) is 5.91 Å². The Morgan fingerprint density at radius 3 is 2.88 bits per heavy atom. The van der Waals surface area contributed by atoms with E-state index in [-0.39, 0.29) is 11.3 Å². The van der Waals surface area contributed by atoms with Crippen LogP contribution in [-0.4, -0.2) is 17.8 Å². The van der Waals surface area contributed by atoms with E-state index < -0.39 is 0 Å². The predicted octanol–water partition coefficient (Wildman–Crippen LogP) is 3.50. The molecule has 0 aromatic heterocycles. The van der Waals surface area contributed by atoms with Crippen molar-refractivity contribution in [1.82, 2.24) is 5.32 Å². The Bertz CT molecular complexity index is 381. The molecule has 1 amide bonds. The van der Waals surface area contributed by atoms with Crippen molar-refractivity contribution in [2.24, 2.45) is 0 Å². The van der Waals surface area contributed by atoms with Gasteiger partial charge in [0.15, 0.2) is 0 Å². The SMILES string of the molecule is CCC(Cl)CNC(=O)c1cccc(C)c1Br. The maximum Gasteiger partial charge on any atom is 0.252 e. The van der Waals surface area contributed by atoms with Crippen LogP contribution in [0, 0.1) is 6.92 Å². The van der Waals surface area contributed by atoms with Gasteiger partial charge < -0.3 is 5.32 Å². The number of hydrogen-bond donors (Lipinski definition) is 1. The lowest BCUT2D eigenvalue weighted by Crippen LogP contribution is -2.29. The highest BCUT2D eigenvalue weighted by molar-refractivity contribution is 9.10. The van der Waals surface area contributed by atoms with E-state index in [2.05, 4.69) is 21.2 Å². The summed E-state index contributed by atoms with van der Waals surface area (Å²) in [5, 5.41) is 2.81. The first-order valence-electron chi connectivity index (χ1n) is 5.23. The number of amides is 1. The van der Waals surface area contributed by atoms with E-state index in [1.54, 1.807) is 6.07 Å². The molecule has 0 bridgehead atoms. The molecule has 0 radical (unpaired) electrons. The molecule has 0 saturated carbocycles. The molecule has 16 heavy (non-hydrogen) atoms. The highest BCUT2D eigenvalue weighted by atomic mass is 79.9. The van der Waals surface area contributed by atoms with Crippen LogP contribution in [0.5, 0.6) is 0 Å². The lowest BCUT2D eigenvalue weighted by molar-refractivity contribution is 0.0952. The van der Waals surface area contributed by atoms with Gasteiger partial charge in [-0.25, -0.2) is 0 Å². The Kier molecular flexibility index (Phi) is 5.29. The van der Waals surface area contributed by atoms with Gasteiger partial charge in [0.05, 0.1) is 10.9 Å². The van der Waals surface area contributed by atoms with Crippen LogP contribution in [0.3, 0.4) is 0 Å². The van der Waals surface area contributed by atoms with Crippen LogP contribution in [0.2, 0.25) is 0 Å². The van der Waals surface area contributed by atoms with Crippen molar-refractivity contribution < 1.29 is 4.79 Å². The molecule has 1 unspecified atom stereocenters. The Balaban J connectivity index is 2.70. The maximum atomic E-state index is 11.8. The van der Waals surface area contributed by atoms with Gasteiger partial charge >= 0.3 is 0 Å². The molecule has 1 rings (SSSR count). The molecule has 0 aliphatic carbocycles. The van der Waals surface area contributed by atoms with E-state index in [0.717, 1.165) is 16.5 Å². The van der Waals surface area contributed by atoms with Crippen molar-refractivity contribution in [2.45, 2.75) is 25.6 Å². The summed E-state index contributed by atoms with van der Waals surface area (Å²) in [5.74, 6) is -0.0883. The van der Waals surface area contributed by atoms with Gasteiger partial charge in [0, 0.05) is 11.0 Å². The standard InChI is InChI=1S/C12H15BrClNO/c1-3-9(14)7-15-12(16)10-6-4-5-8(2)11(10)13/h4-6,9H,3,7H2,1-2H3,(H,15,16). The molecule has 88 valence electrons. The van der Waals surface area contributed by atoms with Crippen LogP contribution in [-0.2, 0) is 0 Å². The molecule has 0 fully saturated rings. The normalized spacial score (nSPS) is 12.2. The zero-order valence-electron chi connectivity index (χ0n) is 9.39. The molecule has 2 nitrogen and oxygen atoms in total. The molecule has 1 aromatic carbocycles. The fraction of sp³-hybridized carbons (Fsp3) is 0.417. The number of nitrogens with one attached hydrogen (secondary N) is 1. The van der Waals surface area contributed by atoms with Crippen LogP contribution >= 0.6 is 27.5 Å². The zero-order chi connectivity index (χ0) is 12.1. The van der Waals surface area contributed by atoms with Crippen LogP contribution < -0.4 is 5.32 Å². The summed E-state index contributed by atoms with van der Waals surface area (Å²) in [7, 11) is 0. The highest BCUT2D eigenvalue weighted by Gasteiger charge is 2.11. The minimum atomic E-state index is -0.0883. The minimum absolute atomic E-state index is 0.00691. The molecule has 1 aromatic rings. The lowest BCUT2D eigenvalue weighted by Gasteiger charge is -2.10. The van der Waals surface area contributed by atoms with Crippen LogP contribution in [0.15, 0.2) is 22.7 Å². The molecule has 1 atom stereocenters. The quantitative estimate of drug-likeness (QED) is 0.848. The van der Waals surface area contributed by atoms with E-state index in [9.17, 15) is 4.79 Å². The van der Waals surface area contributed by atoms with Crippen LogP contribution in [0.25, 0.3) is 0 Å². The van der Waals surface area contributed by atoms with E-state index in [4.69, 9.17) is 11.6 Å². The first-order chi connectivity index (χ1) is 7.56. The fourth-order valence-electron chi connectivity index (χ4n) is 1.27. The Morgan fingerprint density at radius 2 is 2.25 bits per heavy atom. The van der Waals surface area contributed by atoms with Crippen molar-refractivity contribution in [3.05, 3.63) is 33.8 Å². The second-order valence-electron chi connectivity index (χ2n) is 3.65. The number of benzene rings is 1. The van der Waals surface area contributed by atoms with Crippen molar-refractivity contribution in [2.75, 3.05) is 6.54 Å². The summed E-state index contributed by atoms with van der Waals surface area (Å²) in [6.07, 6.45) is 0.844. The lowest BCUT2D eigenvalue weighted by atomic mass is 10.1. The second kappa shape index (κ2) is 6.26. The van der Waals surface area contributed by atoms with Gasteiger partial charge in [-0.15, -0.1) is 11.6 Å². The summed E-state index contributed by atoms with van der Waals surface area (Å²) in [5.41, 5.74) is 1.70. The van der Waals surface area contributed by atoms with Crippen LogP contribution in [0.4, 0.5) is 0 Å². The first kappa shape index (κ1) is 13.5. The van der Waals surface area contributed by atoms with Crippen molar-refractivity contribution >= 4 is 33.4 Å². The maximum absolute atomic E-state index is 11.8. The molecule has 0 saturated heterocycles. The van der Waals surface area contributed by atoms with Gasteiger partial charge in [-0.3, -0.25) is 4.79 Å². The van der Waals surface area contributed by atoms with Crippen molar-refractivity contribution in [3.8, 4) is 0 Å². The monoisotopic (exact) mass is 303 g/mol. The fourth-order valence-corrected chi connectivity index (χ4v) is 1.79. The van der Waals surface area contributed by atoms with E-state index in [1.165, 1.54) is 0 Å². The number of carbonyl (C=O) groups is 1. The molecular formula is C12H15BrClNO.